The predicted octanol–water partition coefficient (Wildman–Crippen LogP) is 4.07. The van der Waals surface area contributed by atoms with E-state index in [0.29, 0.717) is 16.7 Å². The number of rotatable bonds is 7. The number of ether oxygens (including phenoxy) is 1. The Labute approximate surface area is 182 Å². The zero-order chi connectivity index (χ0) is 21.0. The number of halogens is 1. The molecule has 0 aliphatic carbocycles. The van der Waals surface area contributed by atoms with Crippen molar-refractivity contribution in [2.75, 3.05) is 11.2 Å². The lowest BCUT2D eigenvalue weighted by molar-refractivity contribution is -0.115. The maximum Gasteiger partial charge on any atom is 0.237 e. The third-order valence-corrected chi connectivity index (χ3v) is 5.59. The Morgan fingerprint density at radius 3 is 2.66 bits per heavy atom. The van der Waals surface area contributed by atoms with Crippen molar-refractivity contribution in [3.63, 3.8) is 0 Å². The van der Waals surface area contributed by atoms with Crippen molar-refractivity contribution in [3.05, 3.63) is 63.9 Å². The lowest BCUT2D eigenvalue weighted by Crippen LogP contribution is -2.24. The van der Waals surface area contributed by atoms with E-state index in [1.165, 1.54) is 16.4 Å². The molecule has 1 aromatic heterocycles. The molecule has 3 aromatic rings. The molecule has 0 spiro atoms. The summed E-state index contributed by atoms with van der Waals surface area (Å²) in [6.45, 7) is 6.01. The molecule has 29 heavy (non-hydrogen) atoms. The number of aromatic nitrogens is 3. The average molecular weight is 476 g/mol. The molecule has 0 aliphatic rings. The molecule has 1 atom stereocenters. The van der Waals surface area contributed by atoms with Crippen LogP contribution in [0.3, 0.4) is 0 Å². The van der Waals surface area contributed by atoms with Crippen molar-refractivity contribution >= 4 is 39.3 Å². The molecule has 0 radical (unpaired) electrons. The summed E-state index contributed by atoms with van der Waals surface area (Å²) >= 11 is 4.62. The van der Waals surface area contributed by atoms with E-state index in [1.807, 2.05) is 50.2 Å². The minimum Gasteiger partial charge on any atom is -0.486 e. The first-order valence-corrected chi connectivity index (χ1v) is 10.6. The number of nitrogen functional groups attached to an aromatic ring is 1. The number of aryl methyl sites for hydroxylation is 2. The number of benzene rings is 2. The first-order chi connectivity index (χ1) is 13.8. The molecule has 0 saturated heterocycles. The third-order valence-electron chi connectivity index (χ3n) is 4.04. The van der Waals surface area contributed by atoms with Gasteiger partial charge in [-0.2, -0.15) is 0 Å². The number of anilines is 1. The number of nitrogens with one attached hydrogen (secondary N) is 1. The van der Waals surface area contributed by atoms with Crippen LogP contribution in [0.5, 0.6) is 5.75 Å². The molecular weight excluding hydrogens is 454 g/mol. The van der Waals surface area contributed by atoms with Crippen molar-refractivity contribution < 1.29 is 9.53 Å². The number of thioether (sulfide) groups is 1. The quantitative estimate of drug-likeness (QED) is 0.394. The van der Waals surface area contributed by atoms with Crippen molar-refractivity contribution in [2.45, 2.75) is 37.8 Å². The van der Waals surface area contributed by atoms with Crippen LogP contribution in [0.4, 0.5) is 5.69 Å². The molecule has 0 aliphatic heterocycles. The van der Waals surface area contributed by atoms with Crippen LogP contribution in [-0.4, -0.2) is 26.0 Å². The lowest BCUT2D eigenvalue weighted by atomic mass is 10.1. The summed E-state index contributed by atoms with van der Waals surface area (Å²) in [6, 6.07) is 13.4. The van der Waals surface area contributed by atoms with Crippen molar-refractivity contribution in [1.29, 1.82) is 0 Å². The minimum atomic E-state index is -0.409. The molecule has 0 fully saturated rings. The first-order valence-electron chi connectivity index (χ1n) is 8.95. The van der Waals surface area contributed by atoms with E-state index in [4.69, 9.17) is 10.6 Å². The van der Waals surface area contributed by atoms with E-state index in [1.54, 1.807) is 6.92 Å². The van der Waals surface area contributed by atoms with E-state index in [9.17, 15) is 4.79 Å². The number of nitrogens with two attached hydrogens (primary N) is 1. The van der Waals surface area contributed by atoms with Crippen LogP contribution >= 0.6 is 27.7 Å². The fourth-order valence-corrected chi connectivity index (χ4v) is 3.86. The second kappa shape index (κ2) is 9.32. The van der Waals surface area contributed by atoms with Gasteiger partial charge >= 0.3 is 0 Å². The number of carbonyl (C=O) groups is 1. The van der Waals surface area contributed by atoms with E-state index in [2.05, 4.69) is 37.5 Å². The van der Waals surface area contributed by atoms with E-state index < -0.39 is 5.25 Å². The maximum atomic E-state index is 12.5. The number of amides is 1. The Balaban J connectivity index is 1.60. The fourth-order valence-electron chi connectivity index (χ4n) is 2.67. The second-order valence-corrected chi connectivity index (χ2v) is 8.86. The molecule has 0 bridgehead atoms. The summed E-state index contributed by atoms with van der Waals surface area (Å²) in [5.74, 6) is 7.18. The summed E-state index contributed by atoms with van der Waals surface area (Å²) in [5.41, 5.74) is 2.96. The second-order valence-electron chi connectivity index (χ2n) is 6.64. The Bertz CT molecular complexity index is 1000. The SMILES string of the molecule is Cc1cc(C)cc(OCc2nnc(SC(C)C(=O)Nc3cccc(Br)c3)n2N)c1. The molecular formula is C20H22BrN5O2S. The number of nitrogens with zero attached hydrogens (tertiary/aromatic N) is 3. The van der Waals surface area contributed by atoms with Crippen LogP contribution in [0.1, 0.15) is 23.9 Å². The smallest absolute Gasteiger partial charge is 0.237 e. The van der Waals surface area contributed by atoms with Crippen LogP contribution in [-0.2, 0) is 11.4 Å². The molecule has 2 aromatic carbocycles. The zero-order valence-electron chi connectivity index (χ0n) is 16.3. The molecule has 1 amide bonds. The van der Waals surface area contributed by atoms with Crippen LogP contribution in [0.2, 0.25) is 0 Å². The van der Waals surface area contributed by atoms with Gasteiger partial charge in [0, 0.05) is 10.2 Å². The first kappa shape index (κ1) is 21.2. The zero-order valence-corrected chi connectivity index (χ0v) is 18.8. The molecule has 1 heterocycles. The highest BCUT2D eigenvalue weighted by Gasteiger charge is 2.20. The van der Waals surface area contributed by atoms with Crippen molar-refractivity contribution in [2.24, 2.45) is 0 Å². The van der Waals surface area contributed by atoms with Crippen LogP contribution in [0.15, 0.2) is 52.1 Å². The van der Waals surface area contributed by atoms with Gasteiger partial charge in [0.25, 0.3) is 0 Å². The van der Waals surface area contributed by atoms with E-state index in [-0.39, 0.29) is 12.5 Å². The molecule has 7 nitrogen and oxygen atoms in total. The largest absolute Gasteiger partial charge is 0.486 e. The molecule has 3 rings (SSSR count). The standard InChI is InChI=1S/C20H22BrN5O2S/c1-12-7-13(2)9-17(8-12)28-11-18-24-25-20(26(18)22)29-14(3)19(27)23-16-6-4-5-15(21)10-16/h4-10,14H,11,22H2,1-3H3,(H,23,27). The third kappa shape index (κ3) is 5.74. The summed E-state index contributed by atoms with van der Waals surface area (Å²) in [6.07, 6.45) is 0. The van der Waals surface area contributed by atoms with Gasteiger partial charge < -0.3 is 15.9 Å². The van der Waals surface area contributed by atoms with Gasteiger partial charge in [-0.1, -0.05) is 39.8 Å². The van der Waals surface area contributed by atoms with Gasteiger partial charge in [0.2, 0.25) is 11.1 Å². The van der Waals surface area contributed by atoms with Crippen LogP contribution in [0.25, 0.3) is 0 Å². The average Bonchev–Trinajstić information content (AvgIpc) is 2.99. The maximum absolute atomic E-state index is 12.5. The lowest BCUT2D eigenvalue weighted by Gasteiger charge is -2.12. The summed E-state index contributed by atoms with van der Waals surface area (Å²) in [5, 5.41) is 11.1. The van der Waals surface area contributed by atoms with Crippen molar-refractivity contribution in [1.82, 2.24) is 14.9 Å². The highest BCUT2D eigenvalue weighted by atomic mass is 79.9. The highest BCUT2D eigenvalue weighted by Crippen LogP contribution is 2.24. The number of hydrogen-bond donors (Lipinski definition) is 2. The highest BCUT2D eigenvalue weighted by molar-refractivity contribution is 9.10. The fraction of sp³-hybridized carbons (Fsp3) is 0.250. The Morgan fingerprint density at radius 2 is 1.97 bits per heavy atom. The normalized spacial score (nSPS) is 11.9. The Morgan fingerprint density at radius 1 is 1.24 bits per heavy atom. The van der Waals surface area contributed by atoms with Crippen molar-refractivity contribution in [3.8, 4) is 5.75 Å². The van der Waals surface area contributed by atoms with Gasteiger partial charge in [0.1, 0.15) is 12.4 Å². The monoisotopic (exact) mass is 475 g/mol. The topological polar surface area (TPSA) is 95.1 Å². The van der Waals surface area contributed by atoms with Gasteiger partial charge in [0.15, 0.2) is 5.82 Å². The van der Waals surface area contributed by atoms with E-state index >= 15 is 0 Å². The van der Waals surface area contributed by atoms with Gasteiger partial charge in [-0.25, -0.2) is 4.68 Å². The molecule has 152 valence electrons. The summed E-state index contributed by atoms with van der Waals surface area (Å²) < 4.78 is 8.05. The van der Waals surface area contributed by atoms with Crippen LogP contribution < -0.4 is 15.9 Å². The van der Waals surface area contributed by atoms with E-state index in [0.717, 1.165) is 21.3 Å². The predicted molar refractivity (Wildman–Crippen MR) is 119 cm³/mol. The van der Waals surface area contributed by atoms with Gasteiger partial charge in [0.05, 0.1) is 5.25 Å². The molecule has 9 heteroatoms. The molecule has 1 unspecified atom stereocenters. The summed E-state index contributed by atoms with van der Waals surface area (Å²) in [7, 11) is 0. The van der Waals surface area contributed by atoms with Gasteiger partial charge in [-0.05, 0) is 62.2 Å². The number of hydrogen-bond acceptors (Lipinski definition) is 6. The minimum absolute atomic E-state index is 0.149. The Hall–Kier alpha value is -2.52. The van der Waals surface area contributed by atoms with Gasteiger partial charge in [-0.15, -0.1) is 10.2 Å². The van der Waals surface area contributed by atoms with Crippen LogP contribution in [0, 0.1) is 13.8 Å². The summed E-state index contributed by atoms with van der Waals surface area (Å²) in [4.78, 5) is 12.5. The number of carbonyl (C=O) groups excluding carboxylic acids is 1. The molecule has 0 saturated carbocycles. The van der Waals surface area contributed by atoms with Gasteiger partial charge in [-0.3, -0.25) is 4.79 Å². The molecule has 3 N–H and O–H groups in total. The Kier molecular flexibility index (Phi) is 6.81.